The Hall–Kier alpha value is -8.23. The Balaban J connectivity index is 1.21. The number of phenols is 1. The molecule has 18 heteroatoms. The number of aromatic hydroxyl groups is 1. The van der Waals surface area contributed by atoms with Gasteiger partial charge in [0.15, 0.2) is 11.5 Å². The average Bonchev–Trinajstić information content (AvgIpc) is 3.23. The number of nitrogens with two attached hydrogens (primary N) is 1. The molecule has 0 unspecified atom stereocenters. The quantitative estimate of drug-likeness (QED) is 0.0590. The van der Waals surface area contributed by atoms with Gasteiger partial charge < -0.3 is 47.3 Å². The molecule has 6 amide bonds. The first-order chi connectivity index (χ1) is 29.2. The number of anilines is 4. The highest BCUT2D eigenvalue weighted by molar-refractivity contribution is 6.32. The highest BCUT2D eigenvalue weighted by Gasteiger charge is 2.25. The van der Waals surface area contributed by atoms with Crippen LogP contribution in [0.1, 0.15) is 77.1 Å². The first-order valence-electron chi connectivity index (χ1n) is 18.2. The molecule has 0 aromatic heterocycles. The second kappa shape index (κ2) is 20.0. The molecule has 0 aliphatic heterocycles. The first kappa shape index (κ1) is 43.9. The molecule has 0 aliphatic carbocycles. The maximum atomic E-state index is 13.3. The van der Waals surface area contributed by atoms with E-state index in [0.29, 0.717) is 12.1 Å². The van der Waals surface area contributed by atoms with Crippen molar-refractivity contribution in [1.29, 1.82) is 5.26 Å². The number of carbonyl (C=O) groups excluding carboxylic acids is 6. The number of halogens is 1. The smallest absolute Gasteiger partial charge is 0.335 e. The van der Waals surface area contributed by atoms with Crippen molar-refractivity contribution >= 4 is 75.8 Å². The number of rotatable bonds is 16. The Morgan fingerprint density at radius 1 is 0.705 bits per heavy atom. The third-order valence-corrected chi connectivity index (χ3v) is 8.98. The van der Waals surface area contributed by atoms with E-state index in [-0.39, 0.29) is 67.8 Å². The van der Waals surface area contributed by atoms with Crippen LogP contribution < -0.4 is 37.1 Å². The minimum atomic E-state index is -1.40. The zero-order valence-corrected chi connectivity index (χ0v) is 32.8. The van der Waals surface area contributed by atoms with Crippen LogP contribution in [0.5, 0.6) is 11.5 Å². The summed E-state index contributed by atoms with van der Waals surface area (Å²) in [6, 6.07) is 24.0. The Kier molecular flexibility index (Phi) is 14.4. The molecule has 310 valence electrons. The lowest BCUT2D eigenvalue weighted by Gasteiger charge is -2.18. The Bertz CT molecular complexity index is 2560. The maximum absolute atomic E-state index is 13.3. The van der Waals surface area contributed by atoms with E-state index in [9.17, 15) is 38.7 Å². The molecule has 0 fully saturated rings. The number of hydrogen-bond donors (Lipinski definition) is 8. The van der Waals surface area contributed by atoms with Crippen LogP contribution in [-0.4, -0.2) is 64.3 Å². The number of nitrogens with one attached hydrogen (secondary N) is 5. The molecule has 61 heavy (non-hydrogen) atoms. The molecule has 0 spiro atoms. The van der Waals surface area contributed by atoms with E-state index in [0.717, 1.165) is 0 Å². The molecule has 0 saturated heterocycles. The second-order valence-electron chi connectivity index (χ2n) is 13.1. The van der Waals surface area contributed by atoms with Gasteiger partial charge in [-0.05, 0) is 110 Å². The largest absolute Gasteiger partial charge is 0.504 e. The normalized spacial score (nSPS) is 10.9. The first-order valence-corrected chi connectivity index (χ1v) is 18.6. The highest BCUT2D eigenvalue weighted by atomic mass is 35.5. The van der Waals surface area contributed by atoms with Gasteiger partial charge in [-0.3, -0.25) is 28.8 Å². The standard InChI is InChI=1S/C43H36ClN7O10/c1-2-19-61-37-33(18-17-31(36(37)53)41(57)48-29-15-9-25(10-16-29)43(59)60)50-38(54)23-7-13-30(14-8-23)49-42(58)34(21-35(46)52)51-39(55)24-5-11-28(12-6-24)47-40(56)26-3-4-27(22-45)32(44)20-26/h3-18,20,34,53H,2,19,21H2,1H3,(H2,46,52)(H,47,56)(H,48,57)(H,49,58)(H,50,54)(H,51,55)(H,59,60)/t34-/m0/s1. The van der Waals surface area contributed by atoms with E-state index in [4.69, 9.17) is 32.4 Å². The third-order valence-electron chi connectivity index (χ3n) is 8.66. The molecule has 5 aromatic rings. The number of phenolic OH excluding ortho intramolecular Hbond substituents is 1. The molecule has 0 radical (unpaired) electrons. The minimum absolute atomic E-state index is 0.0201. The second-order valence-corrected chi connectivity index (χ2v) is 13.5. The van der Waals surface area contributed by atoms with Crippen molar-refractivity contribution in [2.24, 2.45) is 5.73 Å². The van der Waals surface area contributed by atoms with Gasteiger partial charge in [-0.15, -0.1) is 0 Å². The van der Waals surface area contributed by atoms with Crippen LogP contribution >= 0.6 is 11.6 Å². The van der Waals surface area contributed by atoms with Crippen molar-refractivity contribution in [3.63, 3.8) is 0 Å². The summed E-state index contributed by atoms with van der Waals surface area (Å²) in [5.74, 6) is -6.10. The fraction of sp³-hybridized carbons (Fsp3) is 0.116. The number of carbonyl (C=O) groups is 7. The van der Waals surface area contributed by atoms with Gasteiger partial charge in [0.25, 0.3) is 23.6 Å². The SMILES string of the molecule is CCCOc1c(NC(=O)c2ccc(NC(=O)[C@H](CC(N)=O)NC(=O)c3ccc(NC(=O)c4ccc(C#N)c(Cl)c4)cc3)cc2)ccc(C(=O)Nc2ccc(C(=O)O)cc2)c1O. The average molecular weight is 846 g/mol. The Morgan fingerprint density at radius 2 is 1.23 bits per heavy atom. The highest BCUT2D eigenvalue weighted by Crippen LogP contribution is 2.38. The van der Waals surface area contributed by atoms with E-state index < -0.39 is 59.6 Å². The Morgan fingerprint density at radius 3 is 1.77 bits per heavy atom. The zero-order chi connectivity index (χ0) is 44.2. The van der Waals surface area contributed by atoms with Crippen molar-refractivity contribution in [1.82, 2.24) is 5.32 Å². The number of aromatic carboxylic acids is 1. The van der Waals surface area contributed by atoms with Gasteiger partial charge >= 0.3 is 5.97 Å². The van der Waals surface area contributed by atoms with E-state index in [1.54, 1.807) is 0 Å². The Labute approximate surface area is 352 Å². The minimum Gasteiger partial charge on any atom is -0.504 e. The number of benzene rings is 5. The van der Waals surface area contributed by atoms with Gasteiger partial charge in [-0.2, -0.15) is 5.26 Å². The summed E-state index contributed by atoms with van der Waals surface area (Å²) in [6.45, 7) is 1.95. The van der Waals surface area contributed by atoms with Crippen LogP contribution in [0.3, 0.4) is 0 Å². The summed E-state index contributed by atoms with van der Waals surface area (Å²) in [4.78, 5) is 88.3. The van der Waals surface area contributed by atoms with E-state index >= 15 is 0 Å². The van der Waals surface area contributed by atoms with Crippen LogP contribution in [0.4, 0.5) is 22.7 Å². The summed E-state index contributed by atoms with van der Waals surface area (Å²) in [6.07, 6.45) is -0.0150. The molecule has 0 bridgehead atoms. The predicted molar refractivity (Wildman–Crippen MR) is 224 cm³/mol. The van der Waals surface area contributed by atoms with Gasteiger partial charge in [0.1, 0.15) is 12.1 Å². The number of carboxylic acids is 1. The zero-order valence-electron chi connectivity index (χ0n) is 32.1. The van der Waals surface area contributed by atoms with Crippen molar-refractivity contribution in [2.45, 2.75) is 25.8 Å². The number of primary amides is 1. The number of nitrogens with zero attached hydrogens (tertiary/aromatic N) is 1. The fourth-order valence-corrected chi connectivity index (χ4v) is 5.76. The summed E-state index contributed by atoms with van der Waals surface area (Å²) in [7, 11) is 0. The van der Waals surface area contributed by atoms with Crippen molar-refractivity contribution in [3.05, 3.63) is 142 Å². The summed E-state index contributed by atoms with van der Waals surface area (Å²) in [5.41, 5.74) is 6.69. The van der Waals surface area contributed by atoms with E-state index in [2.05, 4.69) is 26.6 Å². The lowest BCUT2D eigenvalue weighted by Crippen LogP contribution is -2.46. The number of carboxylic acid groups (broad SMARTS) is 1. The summed E-state index contributed by atoms with van der Waals surface area (Å²) < 4.78 is 5.70. The number of amides is 6. The van der Waals surface area contributed by atoms with Gasteiger partial charge in [0.05, 0.1) is 40.4 Å². The van der Waals surface area contributed by atoms with Gasteiger partial charge in [-0.1, -0.05) is 18.5 Å². The summed E-state index contributed by atoms with van der Waals surface area (Å²) >= 11 is 6.02. The molecular weight excluding hydrogens is 810 g/mol. The van der Waals surface area contributed by atoms with Crippen molar-refractivity contribution < 1.29 is 48.5 Å². The third kappa shape index (κ3) is 11.5. The lowest BCUT2D eigenvalue weighted by molar-refractivity contribution is -0.123. The molecule has 9 N–H and O–H groups in total. The summed E-state index contributed by atoms with van der Waals surface area (Å²) in [5, 5.41) is 42.2. The molecular formula is C43H36ClN7O10. The lowest BCUT2D eigenvalue weighted by atomic mass is 10.1. The molecule has 5 aromatic carbocycles. The van der Waals surface area contributed by atoms with Crippen LogP contribution in [0.15, 0.2) is 103 Å². The molecule has 0 saturated carbocycles. The van der Waals surface area contributed by atoms with Crippen LogP contribution in [0, 0.1) is 11.3 Å². The molecule has 1 atom stereocenters. The van der Waals surface area contributed by atoms with Crippen LogP contribution in [0.2, 0.25) is 5.02 Å². The monoisotopic (exact) mass is 845 g/mol. The number of nitriles is 1. The fourth-order valence-electron chi connectivity index (χ4n) is 5.53. The van der Waals surface area contributed by atoms with Crippen molar-refractivity contribution in [2.75, 3.05) is 27.9 Å². The van der Waals surface area contributed by atoms with Gasteiger partial charge in [0.2, 0.25) is 11.8 Å². The molecule has 17 nitrogen and oxygen atoms in total. The predicted octanol–water partition coefficient (Wildman–Crippen LogP) is 5.77. The molecule has 0 heterocycles. The van der Waals surface area contributed by atoms with Crippen LogP contribution in [0.25, 0.3) is 0 Å². The maximum Gasteiger partial charge on any atom is 0.335 e. The van der Waals surface area contributed by atoms with Crippen molar-refractivity contribution in [3.8, 4) is 17.6 Å². The number of ether oxygens (including phenoxy) is 1. The molecule has 0 aliphatic rings. The van der Waals surface area contributed by atoms with Gasteiger partial charge in [-0.25, -0.2) is 4.79 Å². The van der Waals surface area contributed by atoms with Crippen LogP contribution in [-0.2, 0) is 9.59 Å². The topological polar surface area (TPSA) is 279 Å². The van der Waals surface area contributed by atoms with Gasteiger partial charge in [0, 0.05) is 33.8 Å². The van der Waals surface area contributed by atoms with E-state index in [1.165, 1.54) is 103 Å². The number of hydrogen-bond acceptors (Lipinski definition) is 10. The van der Waals surface area contributed by atoms with E-state index in [1.807, 2.05) is 13.0 Å². The molecule has 5 rings (SSSR count).